The molecule has 0 radical (unpaired) electrons. The Bertz CT molecular complexity index is 969. The number of likely N-dealkylation sites (tertiary alicyclic amines) is 1. The summed E-state index contributed by atoms with van der Waals surface area (Å²) < 4.78 is 0. The van der Waals surface area contributed by atoms with Crippen LogP contribution in [-0.4, -0.2) is 38.8 Å². The first-order valence-corrected chi connectivity index (χ1v) is 10.8. The average molecular weight is 415 g/mol. The zero-order valence-corrected chi connectivity index (χ0v) is 17.4. The molecular weight excluding hydrogens is 392 g/mol. The number of carbonyl (C=O) groups excluding carboxylic acids is 1. The van der Waals surface area contributed by atoms with Gasteiger partial charge in [0.2, 0.25) is 5.91 Å². The Morgan fingerprint density at radius 2 is 1.93 bits per heavy atom. The van der Waals surface area contributed by atoms with E-state index in [2.05, 4.69) is 25.5 Å². The van der Waals surface area contributed by atoms with E-state index >= 15 is 0 Å². The lowest BCUT2D eigenvalue weighted by molar-refractivity contribution is -0.117. The van der Waals surface area contributed by atoms with Crippen LogP contribution in [0.3, 0.4) is 0 Å². The number of carbonyl (C=O) groups is 1. The van der Waals surface area contributed by atoms with Crippen LogP contribution in [0.2, 0.25) is 0 Å². The third kappa shape index (κ3) is 4.54. The van der Waals surface area contributed by atoms with Crippen molar-refractivity contribution in [1.82, 2.24) is 19.9 Å². The molecule has 4 heterocycles. The molecule has 0 aliphatic carbocycles. The van der Waals surface area contributed by atoms with Crippen molar-refractivity contribution in [1.29, 1.82) is 0 Å². The highest BCUT2D eigenvalue weighted by Gasteiger charge is 2.29. The molecule has 1 fully saturated rings. The topological polar surface area (TPSA) is 83.0 Å². The number of aromatic nitrogens is 3. The molecule has 9 heteroatoms. The van der Waals surface area contributed by atoms with Crippen LogP contribution in [0, 0.1) is 13.8 Å². The molecule has 3 aromatic rings. The molecule has 1 aliphatic rings. The van der Waals surface area contributed by atoms with Gasteiger partial charge in [0.05, 0.1) is 18.3 Å². The van der Waals surface area contributed by atoms with Crippen LogP contribution in [0.4, 0.5) is 16.1 Å². The number of hydrogen-bond donors (Lipinski definition) is 2. The first-order valence-electron chi connectivity index (χ1n) is 9.19. The number of nitrogens with one attached hydrogen (secondary N) is 2. The van der Waals surface area contributed by atoms with Gasteiger partial charge in [-0.25, -0.2) is 15.0 Å². The Labute approximate surface area is 171 Å². The van der Waals surface area contributed by atoms with E-state index in [-0.39, 0.29) is 11.9 Å². The van der Waals surface area contributed by atoms with Crippen molar-refractivity contribution in [3.05, 3.63) is 46.0 Å². The fraction of sp³-hybridized carbons (Fsp3) is 0.368. The number of aryl methyl sites for hydroxylation is 2. The maximum atomic E-state index is 12.4. The summed E-state index contributed by atoms with van der Waals surface area (Å²) in [5, 5.41) is 7.66. The van der Waals surface area contributed by atoms with Crippen molar-refractivity contribution in [3.63, 3.8) is 0 Å². The van der Waals surface area contributed by atoms with Crippen molar-refractivity contribution in [2.75, 3.05) is 23.7 Å². The maximum Gasteiger partial charge on any atom is 0.240 e. The average Bonchev–Trinajstić information content (AvgIpc) is 3.38. The first-order chi connectivity index (χ1) is 13.6. The Kier molecular flexibility index (Phi) is 5.65. The van der Waals surface area contributed by atoms with Crippen LogP contribution in [-0.2, 0) is 4.79 Å². The summed E-state index contributed by atoms with van der Waals surface area (Å²) in [6.45, 7) is 5.24. The van der Waals surface area contributed by atoms with Gasteiger partial charge in [0.25, 0.3) is 0 Å². The van der Waals surface area contributed by atoms with E-state index in [0.29, 0.717) is 11.7 Å². The summed E-state index contributed by atoms with van der Waals surface area (Å²) in [6.07, 6.45) is 5.67. The lowest BCUT2D eigenvalue weighted by atomic mass is 10.1. The van der Waals surface area contributed by atoms with E-state index in [1.807, 2.05) is 38.2 Å². The predicted octanol–water partition coefficient (Wildman–Crippen LogP) is 4.13. The summed E-state index contributed by atoms with van der Waals surface area (Å²) in [5.74, 6) is 0.746. The fourth-order valence-electron chi connectivity index (χ4n) is 3.33. The summed E-state index contributed by atoms with van der Waals surface area (Å²) in [5.41, 5.74) is 0.980. The standard InChI is InChI=1S/C19H22N6OS2/c1-12-9-20-18(27-12)23-16-7-3-5-14(22-16)15-6-4-8-25(15)11-17(26)24-19-21-10-13(2)28-19/h3,5,7,9-10,15H,4,6,8,11H2,1-2H3,(H,20,22,23)(H,21,24,26). The highest BCUT2D eigenvalue weighted by atomic mass is 32.1. The number of anilines is 3. The van der Waals surface area contributed by atoms with Crippen molar-refractivity contribution in [2.45, 2.75) is 32.7 Å². The van der Waals surface area contributed by atoms with E-state index in [1.54, 1.807) is 17.5 Å². The van der Waals surface area contributed by atoms with Gasteiger partial charge in [-0.1, -0.05) is 6.07 Å². The van der Waals surface area contributed by atoms with Crippen molar-refractivity contribution >= 4 is 44.7 Å². The predicted molar refractivity (Wildman–Crippen MR) is 113 cm³/mol. The van der Waals surface area contributed by atoms with Gasteiger partial charge in [-0.05, 0) is 45.4 Å². The van der Waals surface area contributed by atoms with E-state index in [1.165, 1.54) is 11.3 Å². The molecule has 7 nitrogen and oxygen atoms in total. The molecule has 0 bridgehead atoms. The minimum absolute atomic E-state index is 0.0335. The Morgan fingerprint density at radius 3 is 2.64 bits per heavy atom. The van der Waals surface area contributed by atoms with Gasteiger partial charge in [0.1, 0.15) is 5.82 Å². The van der Waals surface area contributed by atoms with Gasteiger partial charge in [0, 0.05) is 22.1 Å². The van der Waals surface area contributed by atoms with Crippen LogP contribution in [0.15, 0.2) is 30.6 Å². The molecule has 2 N–H and O–H groups in total. The van der Waals surface area contributed by atoms with Gasteiger partial charge in [0.15, 0.2) is 10.3 Å². The smallest absolute Gasteiger partial charge is 0.240 e. The van der Waals surface area contributed by atoms with Crippen LogP contribution >= 0.6 is 22.7 Å². The Morgan fingerprint density at radius 1 is 1.18 bits per heavy atom. The van der Waals surface area contributed by atoms with Gasteiger partial charge in [-0.2, -0.15) is 0 Å². The molecule has 1 atom stereocenters. The minimum Gasteiger partial charge on any atom is -0.316 e. The molecular formula is C19H22N6OS2. The fourth-order valence-corrected chi connectivity index (χ4v) is 4.69. The van der Waals surface area contributed by atoms with E-state index in [0.717, 1.165) is 45.8 Å². The van der Waals surface area contributed by atoms with E-state index < -0.39 is 0 Å². The normalized spacial score (nSPS) is 17.0. The van der Waals surface area contributed by atoms with Gasteiger partial charge < -0.3 is 10.6 Å². The number of hydrogen-bond acceptors (Lipinski definition) is 8. The van der Waals surface area contributed by atoms with E-state index in [9.17, 15) is 4.79 Å². The molecule has 4 rings (SSSR count). The second kappa shape index (κ2) is 8.34. The zero-order chi connectivity index (χ0) is 19.5. The van der Waals surface area contributed by atoms with E-state index in [4.69, 9.17) is 4.98 Å². The zero-order valence-electron chi connectivity index (χ0n) is 15.8. The summed E-state index contributed by atoms with van der Waals surface area (Å²) in [6, 6.07) is 6.11. The van der Waals surface area contributed by atoms with Gasteiger partial charge in [-0.3, -0.25) is 9.69 Å². The Hall–Kier alpha value is -2.36. The van der Waals surface area contributed by atoms with Crippen LogP contribution < -0.4 is 10.6 Å². The Balaban J connectivity index is 1.42. The second-order valence-electron chi connectivity index (χ2n) is 6.80. The van der Waals surface area contributed by atoms with Crippen molar-refractivity contribution in [3.8, 4) is 0 Å². The molecule has 1 unspecified atom stereocenters. The highest BCUT2D eigenvalue weighted by molar-refractivity contribution is 7.15. The van der Waals surface area contributed by atoms with Crippen LogP contribution in [0.1, 0.15) is 34.3 Å². The number of pyridine rings is 1. The number of nitrogens with zero attached hydrogens (tertiary/aromatic N) is 4. The van der Waals surface area contributed by atoms with Gasteiger partial charge >= 0.3 is 0 Å². The molecule has 146 valence electrons. The maximum absolute atomic E-state index is 12.4. The quantitative estimate of drug-likeness (QED) is 0.631. The lowest BCUT2D eigenvalue weighted by Gasteiger charge is -2.23. The monoisotopic (exact) mass is 414 g/mol. The number of thiazole rings is 2. The number of rotatable bonds is 6. The molecule has 0 saturated carbocycles. The molecule has 0 spiro atoms. The third-order valence-corrected chi connectivity index (χ3v) is 6.20. The molecule has 1 aliphatic heterocycles. The lowest BCUT2D eigenvalue weighted by Crippen LogP contribution is -2.33. The molecule has 1 amide bonds. The summed E-state index contributed by atoms with van der Waals surface area (Å²) >= 11 is 3.09. The molecule has 1 saturated heterocycles. The second-order valence-corrected chi connectivity index (χ2v) is 9.27. The van der Waals surface area contributed by atoms with Crippen molar-refractivity contribution < 1.29 is 4.79 Å². The first kappa shape index (κ1) is 19.0. The molecule has 28 heavy (non-hydrogen) atoms. The SMILES string of the molecule is Cc1cnc(NC(=O)CN2CCCC2c2cccc(Nc3ncc(C)s3)n2)s1. The largest absolute Gasteiger partial charge is 0.316 e. The highest BCUT2D eigenvalue weighted by Crippen LogP contribution is 2.31. The summed E-state index contributed by atoms with van der Waals surface area (Å²) in [7, 11) is 0. The molecule has 0 aromatic carbocycles. The summed E-state index contributed by atoms with van der Waals surface area (Å²) in [4.78, 5) is 30.2. The van der Waals surface area contributed by atoms with Crippen molar-refractivity contribution in [2.24, 2.45) is 0 Å². The number of amides is 1. The van der Waals surface area contributed by atoms with Crippen LogP contribution in [0.25, 0.3) is 0 Å². The molecule has 3 aromatic heterocycles. The van der Waals surface area contributed by atoms with Crippen LogP contribution in [0.5, 0.6) is 0 Å². The van der Waals surface area contributed by atoms with Gasteiger partial charge in [-0.15, -0.1) is 22.7 Å². The third-order valence-electron chi connectivity index (χ3n) is 4.55. The minimum atomic E-state index is -0.0335.